The molecule has 0 saturated carbocycles. The van der Waals surface area contributed by atoms with Gasteiger partial charge in [0.1, 0.15) is 12.2 Å². The number of aryl methyl sites for hydroxylation is 1. The van der Waals surface area contributed by atoms with Crippen LogP contribution in [-0.2, 0) is 10.0 Å². The molecule has 3 rings (SSSR count). The first-order chi connectivity index (χ1) is 12.0. The molecule has 2 aromatic rings. The number of nitrogens with one attached hydrogen (secondary N) is 1. The number of hydrogen-bond acceptors (Lipinski definition) is 6. The molecule has 0 spiro atoms. The fraction of sp³-hybridized carbons (Fsp3) is 0.500. The van der Waals surface area contributed by atoms with Crippen molar-refractivity contribution in [3.8, 4) is 11.5 Å². The van der Waals surface area contributed by atoms with E-state index < -0.39 is 10.0 Å². The molecule has 0 radical (unpaired) electrons. The summed E-state index contributed by atoms with van der Waals surface area (Å²) in [6, 6.07) is 2.86. The molecule has 0 bridgehead atoms. The fourth-order valence-corrected chi connectivity index (χ4v) is 5.09. The van der Waals surface area contributed by atoms with Crippen molar-refractivity contribution in [1.29, 1.82) is 0 Å². The Morgan fingerprint density at radius 1 is 1.20 bits per heavy atom. The maximum Gasteiger partial charge on any atom is 0.244 e. The highest BCUT2D eigenvalue weighted by molar-refractivity contribution is 7.89. The van der Waals surface area contributed by atoms with Crippen molar-refractivity contribution in [2.24, 2.45) is 0 Å². The van der Waals surface area contributed by atoms with Crippen molar-refractivity contribution in [3.05, 3.63) is 29.8 Å². The molecule has 1 atom stereocenters. The third kappa shape index (κ3) is 3.21. The number of rotatable bonds is 5. The number of aromatic nitrogens is 3. The smallest absolute Gasteiger partial charge is 0.244 e. The number of H-pyrrole nitrogens is 1. The molecule has 25 heavy (non-hydrogen) atoms. The first kappa shape index (κ1) is 17.7. The Balaban J connectivity index is 2.05. The third-order valence-corrected chi connectivity index (χ3v) is 6.52. The van der Waals surface area contributed by atoms with E-state index in [1.807, 2.05) is 0 Å². The average molecular weight is 366 g/mol. The average Bonchev–Trinajstić information content (AvgIpc) is 3.15. The maximum absolute atomic E-state index is 13.3. The van der Waals surface area contributed by atoms with E-state index in [4.69, 9.17) is 9.47 Å². The number of sulfonamides is 1. The molecule has 1 aromatic heterocycles. The molecule has 9 heteroatoms. The molecule has 1 fully saturated rings. The zero-order valence-electron chi connectivity index (χ0n) is 14.5. The number of aromatic amines is 1. The third-order valence-electron chi connectivity index (χ3n) is 4.47. The van der Waals surface area contributed by atoms with Crippen LogP contribution in [0.1, 0.15) is 36.7 Å². The number of piperidine rings is 1. The summed E-state index contributed by atoms with van der Waals surface area (Å²) in [5.41, 5.74) is 0.611. The highest BCUT2D eigenvalue weighted by Gasteiger charge is 2.37. The molecule has 1 aromatic carbocycles. The summed E-state index contributed by atoms with van der Waals surface area (Å²) in [6.07, 6.45) is 3.87. The van der Waals surface area contributed by atoms with Crippen LogP contribution in [0.4, 0.5) is 0 Å². The van der Waals surface area contributed by atoms with Gasteiger partial charge in [-0.25, -0.2) is 13.4 Å². The lowest BCUT2D eigenvalue weighted by atomic mass is 10.0. The molecular weight excluding hydrogens is 344 g/mol. The van der Waals surface area contributed by atoms with Gasteiger partial charge in [-0.15, -0.1) is 0 Å². The van der Waals surface area contributed by atoms with Crippen LogP contribution in [0.25, 0.3) is 0 Å². The molecule has 0 amide bonds. The second-order valence-corrected chi connectivity index (χ2v) is 7.83. The highest BCUT2D eigenvalue weighted by atomic mass is 32.2. The Kier molecular flexibility index (Phi) is 4.96. The Bertz CT molecular complexity index is 836. The summed E-state index contributed by atoms with van der Waals surface area (Å²) in [5.74, 6) is 1.46. The summed E-state index contributed by atoms with van der Waals surface area (Å²) >= 11 is 0. The van der Waals surface area contributed by atoms with E-state index in [1.54, 1.807) is 13.0 Å². The molecule has 1 saturated heterocycles. The lowest BCUT2D eigenvalue weighted by Crippen LogP contribution is -2.39. The second kappa shape index (κ2) is 7.01. The molecule has 0 aliphatic carbocycles. The van der Waals surface area contributed by atoms with E-state index in [9.17, 15) is 8.42 Å². The van der Waals surface area contributed by atoms with Crippen LogP contribution in [0.5, 0.6) is 11.5 Å². The van der Waals surface area contributed by atoms with E-state index in [0.29, 0.717) is 35.9 Å². The number of methoxy groups -OCH3 is 2. The lowest BCUT2D eigenvalue weighted by Gasteiger charge is -2.33. The van der Waals surface area contributed by atoms with Gasteiger partial charge in [0.05, 0.1) is 25.2 Å². The summed E-state index contributed by atoms with van der Waals surface area (Å²) in [4.78, 5) is 4.38. The van der Waals surface area contributed by atoms with E-state index in [1.165, 1.54) is 30.9 Å². The van der Waals surface area contributed by atoms with Gasteiger partial charge in [0.2, 0.25) is 10.0 Å². The number of hydrogen-bond donors (Lipinski definition) is 1. The summed E-state index contributed by atoms with van der Waals surface area (Å²) in [6.45, 7) is 2.20. The van der Waals surface area contributed by atoms with Crippen LogP contribution in [0.2, 0.25) is 0 Å². The van der Waals surface area contributed by atoms with E-state index in [2.05, 4.69) is 15.2 Å². The van der Waals surface area contributed by atoms with Gasteiger partial charge < -0.3 is 9.47 Å². The van der Waals surface area contributed by atoms with Gasteiger partial charge in [-0.2, -0.15) is 9.40 Å². The van der Waals surface area contributed by atoms with E-state index in [-0.39, 0.29) is 10.9 Å². The summed E-state index contributed by atoms with van der Waals surface area (Å²) in [5, 5.41) is 6.66. The minimum absolute atomic E-state index is 0.219. The van der Waals surface area contributed by atoms with Gasteiger partial charge in [0.25, 0.3) is 0 Å². The lowest BCUT2D eigenvalue weighted by molar-refractivity contribution is 0.246. The Hall–Kier alpha value is -2.13. The topological polar surface area (TPSA) is 97.4 Å². The van der Waals surface area contributed by atoms with Gasteiger partial charge in [-0.05, 0) is 31.4 Å². The van der Waals surface area contributed by atoms with Crippen LogP contribution in [0, 0.1) is 6.92 Å². The van der Waals surface area contributed by atoms with Gasteiger partial charge >= 0.3 is 0 Å². The van der Waals surface area contributed by atoms with Gasteiger partial charge in [0, 0.05) is 12.6 Å². The zero-order chi connectivity index (χ0) is 18.0. The molecular formula is C16H22N4O4S. The molecule has 2 heterocycles. The highest BCUT2D eigenvalue weighted by Crippen LogP contribution is 2.38. The standard InChI is InChI=1S/C16H22N4O4S/c1-11-8-13(23-2)14(24-3)9-15(11)25(21,22)20-7-5-4-6-12(20)16-17-10-18-19-16/h8-10,12H,4-7H2,1-3H3,(H,17,18,19). The van der Waals surface area contributed by atoms with Crippen LogP contribution in [-0.4, -0.2) is 48.7 Å². The second-order valence-electron chi connectivity index (χ2n) is 5.97. The van der Waals surface area contributed by atoms with E-state index >= 15 is 0 Å². The number of ether oxygens (including phenoxy) is 2. The summed E-state index contributed by atoms with van der Waals surface area (Å²) in [7, 11) is -0.704. The van der Waals surface area contributed by atoms with Crippen molar-refractivity contribution in [3.63, 3.8) is 0 Å². The Labute approximate surface area is 147 Å². The molecule has 8 nitrogen and oxygen atoms in total. The minimum Gasteiger partial charge on any atom is -0.493 e. The Morgan fingerprint density at radius 2 is 1.92 bits per heavy atom. The van der Waals surface area contributed by atoms with Gasteiger partial charge in [0.15, 0.2) is 11.5 Å². The Morgan fingerprint density at radius 3 is 2.56 bits per heavy atom. The molecule has 1 unspecified atom stereocenters. The predicted octanol–water partition coefficient (Wildman–Crippen LogP) is 2.05. The quantitative estimate of drug-likeness (QED) is 0.870. The molecule has 1 aliphatic heterocycles. The SMILES string of the molecule is COc1cc(C)c(S(=O)(=O)N2CCCCC2c2ncn[nH]2)cc1OC. The van der Waals surface area contributed by atoms with Crippen molar-refractivity contribution in [2.75, 3.05) is 20.8 Å². The van der Waals surface area contributed by atoms with Crippen molar-refractivity contribution >= 4 is 10.0 Å². The van der Waals surface area contributed by atoms with Gasteiger partial charge in [-0.3, -0.25) is 5.10 Å². The largest absolute Gasteiger partial charge is 0.493 e. The molecule has 1 N–H and O–H groups in total. The van der Waals surface area contributed by atoms with Crippen molar-refractivity contribution < 1.29 is 17.9 Å². The van der Waals surface area contributed by atoms with Crippen molar-refractivity contribution in [2.45, 2.75) is 37.1 Å². The molecule has 136 valence electrons. The van der Waals surface area contributed by atoms with Crippen LogP contribution in [0.15, 0.2) is 23.4 Å². The summed E-state index contributed by atoms with van der Waals surface area (Å²) < 4.78 is 38.7. The van der Waals surface area contributed by atoms with E-state index in [0.717, 1.165) is 12.8 Å². The molecule has 1 aliphatic rings. The first-order valence-electron chi connectivity index (χ1n) is 8.08. The fourth-order valence-electron chi connectivity index (χ4n) is 3.21. The predicted molar refractivity (Wildman–Crippen MR) is 91.1 cm³/mol. The van der Waals surface area contributed by atoms with Gasteiger partial charge in [-0.1, -0.05) is 6.42 Å². The van der Waals surface area contributed by atoms with Crippen LogP contribution in [0.3, 0.4) is 0 Å². The zero-order valence-corrected chi connectivity index (χ0v) is 15.3. The minimum atomic E-state index is -3.72. The van der Waals surface area contributed by atoms with Crippen molar-refractivity contribution in [1.82, 2.24) is 19.5 Å². The maximum atomic E-state index is 13.3. The van der Waals surface area contributed by atoms with Crippen LogP contribution < -0.4 is 9.47 Å². The monoisotopic (exact) mass is 366 g/mol. The normalized spacial score (nSPS) is 18.9. The van der Waals surface area contributed by atoms with Crippen LogP contribution >= 0.6 is 0 Å². The first-order valence-corrected chi connectivity index (χ1v) is 9.52. The number of benzene rings is 1. The number of nitrogens with zero attached hydrogens (tertiary/aromatic N) is 3.